The molecule has 0 heterocycles. The zero-order valence-electron chi connectivity index (χ0n) is 14.1. The Morgan fingerprint density at radius 3 is 2.24 bits per heavy atom. The van der Waals surface area contributed by atoms with Gasteiger partial charge in [-0.05, 0) is 37.1 Å². The van der Waals surface area contributed by atoms with Gasteiger partial charge >= 0.3 is 0 Å². The molecule has 0 fully saturated rings. The SMILES string of the molecule is Nc1ccccc1NC(=O)CCCCCCS(=O)(=O)c1ccccc1. The predicted molar refractivity (Wildman–Crippen MR) is 101 cm³/mol. The van der Waals surface area contributed by atoms with Crippen LogP contribution in [0.5, 0.6) is 0 Å². The minimum atomic E-state index is -3.20. The first-order valence-corrected chi connectivity index (χ1v) is 10.1. The molecule has 6 heteroatoms. The highest BCUT2D eigenvalue weighted by Crippen LogP contribution is 2.17. The number of rotatable bonds is 9. The van der Waals surface area contributed by atoms with Gasteiger partial charge in [-0.3, -0.25) is 4.79 Å². The quantitative estimate of drug-likeness (QED) is 0.528. The Bertz CT molecular complexity index is 789. The van der Waals surface area contributed by atoms with Gasteiger partial charge in [0, 0.05) is 6.42 Å². The standard InChI is InChI=1S/C19H24N2O3S/c20-17-12-7-8-13-18(17)21-19(22)14-6-1-2-9-15-25(23,24)16-10-4-3-5-11-16/h3-5,7-8,10-13H,1-2,6,9,14-15,20H2,(H,21,22). The molecule has 0 bridgehead atoms. The molecule has 0 saturated carbocycles. The zero-order chi connectivity index (χ0) is 18.1. The van der Waals surface area contributed by atoms with Crippen LogP contribution in [0.3, 0.4) is 0 Å². The van der Waals surface area contributed by atoms with E-state index in [-0.39, 0.29) is 11.7 Å². The van der Waals surface area contributed by atoms with Crippen molar-refractivity contribution in [2.45, 2.75) is 37.0 Å². The smallest absolute Gasteiger partial charge is 0.224 e. The molecule has 0 aliphatic rings. The molecule has 0 radical (unpaired) electrons. The number of nitrogens with one attached hydrogen (secondary N) is 1. The number of carbonyl (C=O) groups is 1. The van der Waals surface area contributed by atoms with E-state index in [1.54, 1.807) is 42.5 Å². The number of benzene rings is 2. The van der Waals surface area contributed by atoms with E-state index in [9.17, 15) is 13.2 Å². The summed E-state index contributed by atoms with van der Waals surface area (Å²) in [6, 6.07) is 15.6. The molecule has 5 nitrogen and oxygen atoms in total. The molecule has 3 N–H and O–H groups in total. The van der Waals surface area contributed by atoms with Crippen LogP contribution in [0.2, 0.25) is 0 Å². The third kappa shape index (κ3) is 6.23. The number of hydrogen-bond donors (Lipinski definition) is 2. The summed E-state index contributed by atoms with van der Waals surface area (Å²) in [7, 11) is -3.20. The molecule has 0 atom stereocenters. The number of unbranched alkanes of at least 4 members (excludes halogenated alkanes) is 3. The number of carbonyl (C=O) groups excluding carboxylic acids is 1. The Morgan fingerprint density at radius 1 is 0.880 bits per heavy atom. The van der Waals surface area contributed by atoms with E-state index in [0.29, 0.717) is 29.1 Å². The van der Waals surface area contributed by atoms with Crippen molar-refractivity contribution in [1.82, 2.24) is 0 Å². The molecule has 2 aromatic carbocycles. The molecule has 2 aromatic rings. The van der Waals surface area contributed by atoms with Crippen molar-refractivity contribution in [3.63, 3.8) is 0 Å². The Balaban J connectivity index is 1.63. The van der Waals surface area contributed by atoms with E-state index in [0.717, 1.165) is 19.3 Å². The Morgan fingerprint density at radius 2 is 1.52 bits per heavy atom. The lowest BCUT2D eigenvalue weighted by Gasteiger charge is -2.08. The Kier molecular flexibility index (Phi) is 7.01. The lowest BCUT2D eigenvalue weighted by atomic mass is 10.1. The highest BCUT2D eigenvalue weighted by atomic mass is 32.2. The van der Waals surface area contributed by atoms with E-state index in [4.69, 9.17) is 5.73 Å². The first-order valence-electron chi connectivity index (χ1n) is 8.41. The van der Waals surface area contributed by atoms with Crippen LogP contribution in [-0.4, -0.2) is 20.1 Å². The second-order valence-corrected chi connectivity index (χ2v) is 8.04. The molecule has 134 valence electrons. The van der Waals surface area contributed by atoms with Gasteiger partial charge in [0.25, 0.3) is 0 Å². The third-order valence-corrected chi connectivity index (χ3v) is 5.72. The van der Waals surface area contributed by atoms with E-state index in [1.165, 1.54) is 0 Å². The number of amides is 1. The molecule has 25 heavy (non-hydrogen) atoms. The lowest BCUT2D eigenvalue weighted by molar-refractivity contribution is -0.116. The van der Waals surface area contributed by atoms with Gasteiger partial charge < -0.3 is 11.1 Å². The van der Waals surface area contributed by atoms with Crippen molar-refractivity contribution < 1.29 is 13.2 Å². The molecular formula is C19H24N2O3S. The topological polar surface area (TPSA) is 89.3 Å². The largest absolute Gasteiger partial charge is 0.397 e. The first kappa shape index (κ1) is 19.0. The molecule has 2 rings (SSSR count). The molecule has 1 amide bonds. The van der Waals surface area contributed by atoms with E-state index < -0.39 is 9.84 Å². The fourth-order valence-corrected chi connectivity index (χ4v) is 3.89. The van der Waals surface area contributed by atoms with Crippen LogP contribution in [0.4, 0.5) is 11.4 Å². The van der Waals surface area contributed by atoms with Crippen molar-refractivity contribution in [3.8, 4) is 0 Å². The summed E-state index contributed by atoms with van der Waals surface area (Å²) in [4.78, 5) is 12.2. The van der Waals surface area contributed by atoms with Crippen LogP contribution in [-0.2, 0) is 14.6 Å². The number of para-hydroxylation sites is 2. The van der Waals surface area contributed by atoms with Crippen LogP contribution in [0, 0.1) is 0 Å². The maximum atomic E-state index is 12.1. The second-order valence-electron chi connectivity index (χ2n) is 5.93. The summed E-state index contributed by atoms with van der Waals surface area (Å²) in [5.41, 5.74) is 6.95. The van der Waals surface area contributed by atoms with Crippen LogP contribution in [0.15, 0.2) is 59.5 Å². The van der Waals surface area contributed by atoms with Crippen LogP contribution >= 0.6 is 0 Å². The summed E-state index contributed by atoms with van der Waals surface area (Å²) in [5.74, 6) is 0.0684. The van der Waals surface area contributed by atoms with Gasteiger partial charge in [0.2, 0.25) is 5.91 Å². The Labute approximate surface area is 149 Å². The maximum absolute atomic E-state index is 12.1. The van der Waals surface area contributed by atoms with E-state index in [2.05, 4.69) is 5.32 Å². The Hall–Kier alpha value is -2.34. The average Bonchev–Trinajstić information content (AvgIpc) is 2.61. The number of anilines is 2. The van der Waals surface area contributed by atoms with Gasteiger partial charge in [-0.1, -0.05) is 43.2 Å². The highest BCUT2D eigenvalue weighted by Gasteiger charge is 2.13. The van der Waals surface area contributed by atoms with Gasteiger partial charge in [-0.2, -0.15) is 0 Å². The van der Waals surface area contributed by atoms with Crippen molar-refractivity contribution in [2.75, 3.05) is 16.8 Å². The summed E-state index contributed by atoms with van der Waals surface area (Å²) >= 11 is 0. The summed E-state index contributed by atoms with van der Waals surface area (Å²) in [5, 5.41) is 2.79. The van der Waals surface area contributed by atoms with Gasteiger partial charge in [-0.15, -0.1) is 0 Å². The molecule has 0 aromatic heterocycles. The zero-order valence-corrected chi connectivity index (χ0v) is 15.0. The second kappa shape index (κ2) is 9.22. The summed E-state index contributed by atoms with van der Waals surface area (Å²) in [6.07, 6.45) is 3.34. The van der Waals surface area contributed by atoms with Crippen LogP contribution < -0.4 is 11.1 Å². The van der Waals surface area contributed by atoms with Crippen molar-refractivity contribution in [2.24, 2.45) is 0 Å². The van der Waals surface area contributed by atoms with E-state index >= 15 is 0 Å². The number of nitrogens with two attached hydrogens (primary N) is 1. The van der Waals surface area contributed by atoms with Crippen molar-refractivity contribution in [1.29, 1.82) is 0 Å². The van der Waals surface area contributed by atoms with Crippen molar-refractivity contribution in [3.05, 3.63) is 54.6 Å². The lowest BCUT2D eigenvalue weighted by Crippen LogP contribution is -2.12. The monoisotopic (exact) mass is 360 g/mol. The van der Waals surface area contributed by atoms with Gasteiger partial charge in [0.05, 0.1) is 22.0 Å². The van der Waals surface area contributed by atoms with Crippen LogP contribution in [0.25, 0.3) is 0 Å². The number of sulfone groups is 1. The maximum Gasteiger partial charge on any atom is 0.224 e. The minimum absolute atomic E-state index is 0.0743. The average molecular weight is 360 g/mol. The van der Waals surface area contributed by atoms with Gasteiger partial charge in [-0.25, -0.2) is 8.42 Å². The fraction of sp³-hybridized carbons (Fsp3) is 0.316. The molecule has 0 aliphatic heterocycles. The van der Waals surface area contributed by atoms with Crippen LogP contribution in [0.1, 0.15) is 32.1 Å². The molecule has 0 unspecified atom stereocenters. The third-order valence-electron chi connectivity index (χ3n) is 3.90. The molecular weight excluding hydrogens is 336 g/mol. The number of nitrogen functional groups attached to an aromatic ring is 1. The normalized spacial score (nSPS) is 11.2. The summed E-state index contributed by atoms with van der Waals surface area (Å²) in [6.45, 7) is 0. The first-order chi connectivity index (χ1) is 12.0. The van der Waals surface area contributed by atoms with Crippen molar-refractivity contribution >= 4 is 27.1 Å². The molecule has 0 spiro atoms. The molecule has 0 aliphatic carbocycles. The summed E-state index contributed by atoms with van der Waals surface area (Å²) < 4.78 is 24.3. The van der Waals surface area contributed by atoms with Gasteiger partial charge in [0.15, 0.2) is 9.84 Å². The highest BCUT2D eigenvalue weighted by molar-refractivity contribution is 7.91. The number of hydrogen-bond acceptors (Lipinski definition) is 4. The molecule has 0 saturated heterocycles. The van der Waals surface area contributed by atoms with Gasteiger partial charge in [0.1, 0.15) is 0 Å². The van der Waals surface area contributed by atoms with E-state index in [1.807, 2.05) is 12.1 Å². The minimum Gasteiger partial charge on any atom is -0.397 e. The predicted octanol–water partition coefficient (Wildman–Crippen LogP) is 3.63. The fourth-order valence-electron chi connectivity index (χ4n) is 2.50.